The lowest BCUT2D eigenvalue weighted by Gasteiger charge is -2.35. The Morgan fingerprint density at radius 1 is 0.895 bits per heavy atom. The number of hydrogen-bond donors (Lipinski definition) is 1. The van der Waals surface area contributed by atoms with Crippen molar-refractivity contribution in [2.45, 2.75) is 18.7 Å². The zero-order chi connectivity index (χ0) is 27.7. The van der Waals surface area contributed by atoms with Gasteiger partial charge >= 0.3 is 0 Å². The van der Waals surface area contributed by atoms with Gasteiger partial charge in [-0.25, -0.2) is 16.8 Å². The van der Waals surface area contributed by atoms with E-state index in [4.69, 9.17) is 0 Å². The molecule has 0 spiro atoms. The molecule has 1 fully saturated rings. The van der Waals surface area contributed by atoms with Crippen molar-refractivity contribution < 1.29 is 21.6 Å². The first kappa shape index (κ1) is 27.6. The molecule has 1 saturated heterocycles. The largest absolute Gasteiger partial charge is 0.369 e. The molecule has 4 rings (SSSR count). The molecule has 1 aliphatic rings. The maximum atomic E-state index is 13.3. The van der Waals surface area contributed by atoms with Crippen LogP contribution in [0.25, 0.3) is 0 Å². The Labute approximate surface area is 224 Å². The number of anilines is 3. The molecule has 38 heavy (non-hydrogen) atoms. The number of carbonyl (C=O) groups excluding carboxylic acids is 1. The van der Waals surface area contributed by atoms with Crippen molar-refractivity contribution in [1.82, 2.24) is 9.29 Å². The fraction of sp³-hybridized carbons (Fsp3) is 0.308. The number of aryl methyl sites for hydroxylation is 2. The number of carbonyl (C=O) groups is 1. The number of sulfonamides is 2. The normalized spacial score (nSPS) is 14.8. The van der Waals surface area contributed by atoms with E-state index >= 15 is 0 Å². The Bertz CT molecular complexity index is 1530. The number of pyridine rings is 1. The lowest BCUT2D eigenvalue weighted by atomic mass is 10.1. The molecule has 0 saturated carbocycles. The second-order valence-electron chi connectivity index (χ2n) is 9.23. The number of piperazine rings is 1. The summed E-state index contributed by atoms with van der Waals surface area (Å²) < 4.78 is 53.0. The summed E-state index contributed by atoms with van der Waals surface area (Å²) in [5.41, 5.74) is 3.69. The van der Waals surface area contributed by atoms with E-state index in [1.165, 1.54) is 41.7 Å². The number of nitrogens with one attached hydrogen (secondary N) is 1. The van der Waals surface area contributed by atoms with Crippen LogP contribution < -0.4 is 14.5 Å². The van der Waals surface area contributed by atoms with Crippen molar-refractivity contribution in [3.05, 3.63) is 77.6 Å². The molecule has 2 aromatic carbocycles. The summed E-state index contributed by atoms with van der Waals surface area (Å²) in [6.07, 6.45) is 1.06. The van der Waals surface area contributed by atoms with Gasteiger partial charge in [0.05, 0.1) is 22.4 Å². The summed E-state index contributed by atoms with van der Waals surface area (Å²) in [5.74, 6) is -0.510. The first-order chi connectivity index (χ1) is 17.9. The molecule has 0 aliphatic carbocycles. The molecule has 0 atom stereocenters. The third kappa shape index (κ3) is 5.98. The molecule has 202 valence electrons. The van der Waals surface area contributed by atoms with Crippen molar-refractivity contribution in [3.8, 4) is 0 Å². The van der Waals surface area contributed by atoms with Crippen LogP contribution in [-0.2, 0) is 20.0 Å². The Hall–Kier alpha value is -3.48. The van der Waals surface area contributed by atoms with Crippen molar-refractivity contribution in [2.75, 3.05) is 54.0 Å². The maximum absolute atomic E-state index is 13.3. The van der Waals surface area contributed by atoms with Crippen molar-refractivity contribution in [3.63, 3.8) is 0 Å². The molecule has 1 aliphatic heterocycles. The van der Waals surface area contributed by atoms with Gasteiger partial charge in [0.2, 0.25) is 20.0 Å². The number of aromatic nitrogens is 1. The number of amides is 1. The summed E-state index contributed by atoms with van der Waals surface area (Å²) in [6, 6.07) is 16.3. The summed E-state index contributed by atoms with van der Waals surface area (Å²) in [7, 11) is -5.90. The van der Waals surface area contributed by atoms with E-state index < -0.39 is 26.0 Å². The minimum Gasteiger partial charge on any atom is -0.369 e. The van der Waals surface area contributed by atoms with Crippen LogP contribution in [0.2, 0.25) is 0 Å². The standard InChI is InChI=1S/C26H31N5O5S2/c1-19-17-22(18-20(2)27-19)30-13-15-31(16-14-30)38(35,36)23-11-9-21(10-12-23)28-26(32)24-7-5-6-8-25(24)29(3)37(4,33)34/h5-12,17-18H,13-16H2,1-4H3,(H,28,32). The van der Waals surface area contributed by atoms with Gasteiger partial charge < -0.3 is 10.2 Å². The fourth-order valence-electron chi connectivity index (χ4n) is 4.36. The van der Waals surface area contributed by atoms with Gasteiger partial charge in [0, 0.05) is 56.0 Å². The molecule has 2 heterocycles. The molecule has 1 amide bonds. The average molecular weight is 558 g/mol. The third-order valence-corrected chi connectivity index (χ3v) is 9.51. The molecule has 0 unspecified atom stereocenters. The lowest BCUT2D eigenvalue weighted by molar-refractivity contribution is 0.102. The Morgan fingerprint density at radius 2 is 1.47 bits per heavy atom. The van der Waals surface area contributed by atoms with Gasteiger partial charge in [-0.1, -0.05) is 12.1 Å². The van der Waals surface area contributed by atoms with Crippen LogP contribution in [-0.4, -0.2) is 71.5 Å². The smallest absolute Gasteiger partial charge is 0.257 e. The number of nitrogens with zero attached hydrogens (tertiary/aromatic N) is 4. The van der Waals surface area contributed by atoms with E-state index in [0.29, 0.717) is 31.9 Å². The Kier molecular flexibility index (Phi) is 7.77. The molecule has 10 nitrogen and oxygen atoms in total. The van der Waals surface area contributed by atoms with Gasteiger partial charge in [-0.15, -0.1) is 0 Å². The topological polar surface area (TPSA) is 120 Å². The first-order valence-electron chi connectivity index (χ1n) is 12.0. The summed E-state index contributed by atoms with van der Waals surface area (Å²) >= 11 is 0. The lowest BCUT2D eigenvalue weighted by Crippen LogP contribution is -2.48. The van der Waals surface area contributed by atoms with Crippen LogP contribution >= 0.6 is 0 Å². The first-order valence-corrected chi connectivity index (χ1v) is 15.3. The number of hydrogen-bond acceptors (Lipinski definition) is 7. The highest BCUT2D eigenvalue weighted by Gasteiger charge is 2.29. The van der Waals surface area contributed by atoms with Gasteiger partial charge in [-0.2, -0.15) is 4.31 Å². The van der Waals surface area contributed by atoms with Crippen LogP contribution in [0.3, 0.4) is 0 Å². The van der Waals surface area contributed by atoms with Gasteiger partial charge in [0.15, 0.2) is 0 Å². The fourth-order valence-corrected chi connectivity index (χ4v) is 6.30. The van der Waals surface area contributed by atoms with Crippen LogP contribution in [0.5, 0.6) is 0 Å². The summed E-state index contributed by atoms with van der Waals surface area (Å²) in [6.45, 7) is 5.72. The summed E-state index contributed by atoms with van der Waals surface area (Å²) in [5, 5.41) is 2.72. The number of para-hydroxylation sites is 1. The SMILES string of the molecule is Cc1cc(N2CCN(S(=O)(=O)c3ccc(NC(=O)c4ccccc4N(C)S(C)(=O)=O)cc3)CC2)cc(C)n1. The molecular formula is C26H31N5O5S2. The predicted molar refractivity (Wildman–Crippen MR) is 149 cm³/mol. The minimum atomic E-state index is -3.71. The highest BCUT2D eigenvalue weighted by Crippen LogP contribution is 2.25. The van der Waals surface area contributed by atoms with Crippen LogP contribution in [0.15, 0.2) is 65.6 Å². The quantitative estimate of drug-likeness (QED) is 0.474. The second-order valence-corrected chi connectivity index (χ2v) is 13.2. The van der Waals surface area contributed by atoms with Crippen LogP contribution in [0.4, 0.5) is 17.1 Å². The van der Waals surface area contributed by atoms with Crippen LogP contribution in [0, 0.1) is 13.8 Å². The highest BCUT2D eigenvalue weighted by atomic mass is 32.2. The zero-order valence-electron chi connectivity index (χ0n) is 21.7. The van der Waals surface area contributed by atoms with E-state index in [1.807, 2.05) is 26.0 Å². The van der Waals surface area contributed by atoms with E-state index in [2.05, 4.69) is 15.2 Å². The Morgan fingerprint density at radius 3 is 2.05 bits per heavy atom. The second kappa shape index (κ2) is 10.7. The maximum Gasteiger partial charge on any atom is 0.257 e. The highest BCUT2D eigenvalue weighted by molar-refractivity contribution is 7.92. The van der Waals surface area contributed by atoms with E-state index in [-0.39, 0.29) is 16.1 Å². The van der Waals surface area contributed by atoms with Gasteiger partial charge in [-0.05, 0) is 62.4 Å². The van der Waals surface area contributed by atoms with E-state index in [9.17, 15) is 21.6 Å². The molecule has 1 aromatic heterocycles. The molecule has 0 bridgehead atoms. The van der Waals surface area contributed by atoms with Crippen molar-refractivity contribution >= 4 is 43.0 Å². The molecule has 3 aromatic rings. The van der Waals surface area contributed by atoms with Gasteiger partial charge in [-0.3, -0.25) is 14.1 Å². The number of rotatable bonds is 7. The third-order valence-electron chi connectivity index (χ3n) is 6.41. The van der Waals surface area contributed by atoms with Crippen LogP contribution in [0.1, 0.15) is 21.7 Å². The Balaban J connectivity index is 1.44. The molecule has 12 heteroatoms. The molecule has 1 N–H and O–H groups in total. The van der Waals surface area contributed by atoms with E-state index in [1.54, 1.807) is 18.2 Å². The average Bonchev–Trinajstić information content (AvgIpc) is 2.87. The van der Waals surface area contributed by atoms with E-state index in [0.717, 1.165) is 27.6 Å². The number of benzene rings is 2. The van der Waals surface area contributed by atoms with Crippen molar-refractivity contribution in [1.29, 1.82) is 0 Å². The zero-order valence-corrected chi connectivity index (χ0v) is 23.4. The van der Waals surface area contributed by atoms with Gasteiger partial charge in [0.25, 0.3) is 5.91 Å². The monoisotopic (exact) mass is 557 g/mol. The molecule has 0 radical (unpaired) electrons. The summed E-state index contributed by atoms with van der Waals surface area (Å²) in [4.78, 5) is 19.6. The predicted octanol–water partition coefficient (Wildman–Crippen LogP) is 2.86. The van der Waals surface area contributed by atoms with Crippen molar-refractivity contribution in [2.24, 2.45) is 0 Å². The van der Waals surface area contributed by atoms with Gasteiger partial charge in [0.1, 0.15) is 0 Å². The molecular weight excluding hydrogens is 526 g/mol. The minimum absolute atomic E-state index is 0.136.